The van der Waals surface area contributed by atoms with Crippen LogP contribution in [0.5, 0.6) is 11.5 Å². The molecule has 3 aromatic rings. The average Bonchev–Trinajstić information content (AvgIpc) is 2.76. The maximum absolute atomic E-state index is 13.6. The second-order valence-electron chi connectivity index (χ2n) is 9.25. The molecule has 3 aromatic carbocycles. The van der Waals surface area contributed by atoms with Gasteiger partial charge in [-0.05, 0) is 52.4 Å². The molecule has 31 heavy (non-hydrogen) atoms. The van der Waals surface area contributed by atoms with Crippen molar-refractivity contribution in [2.45, 2.75) is 32.6 Å². The number of nitrogens with one attached hydrogen (secondary N) is 1. The molecule has 0 amide bonds. The molecule has 4 heteroatoms. The zero-order valence-corrected chi connectivity index (χ0v) is 18.4. The fraction of sp³-hybridized carbons (Fsp3) is 0.296. The van der Waals surface area contributed by atoms with Crippen LogP contribution in [0.1, 0.15) is 43.7 Å². The largest absolute Gasteiger partial charge is 0.497 e. The summed E-state index contributed by atoms with van der Waals surface area (Å²) in [4.78, 5) is 13.6. The summed E-state index contributed by atoms with van der Waals surface area (Å²) in [7, 11) is 3.34. The van der Waals surface area contributed by atoms with Gasteiger partial charge in [-0.3, -0.25) is 4.79 Å². The Hall–Kier alpha value is -3.27. The Balaban J connectivity index is 1.85. The molecule has 1 atom stereocenters. The molecular weight excluding hydrogens is 386 g/mol. The molecular formula is C27H27NO3. The predicted molar refractivity (Wildman–Crippen MR) is 124 cm³/mol. The Morgan fingerprint density at radius 2 is 1.77 bits per heavy atom. The van der Waals surface area contributed by atoms with Crippen molar-refractivity contribution in [1.82, 2.24) is 0 Å². The van der Waals surface area contributed by atoms with Gasteiger partial charge < -0.3 is 14.8 Å². The van der Waals surface area contributed by atoms with Crippen LogP contribution in [0, 0.1) is 5.41 Å². The molecule has 0 saturated carbocycles. The molecule has 0 radical (unpaired) electrons. The summed E-state index contributed by atoms with van der Waals surface area (Å²) >= 11 is 0. The Labute approximate surface area is 182 Å². The smallest absolute Gasteiger partial charge is 0.162 e. The van der Waals surface area contributed by atoms with Crippen molar-refractivity contribution in [2.75, 3.05) is 19.5 Å². The maximum atomic E-state index is 13.6. The van der Waals surface area contributed by atoms with Crippen LogP contribution in [-0.4, -0.2) is 20.0 Å². The molecule has 2 aliphatic rings. The topological polar surface area (TPSA) is 47.6 Å². The molecule has 0 spiro atoms. The van der Waals surface area contributed by atoms with E-state index in [0.717, 1.165) is 56.8 Å². The van der Waals surface area contributed by atoms with Gasteiger partial charge in [0.05, 0.1) is 14.2 Å². The highest BCUT2D eigenvalue weighted by molar-refractivity contribution is 6.04. The number of carbonyl (C=O) groups is 1. The predicted octanol–water partition coefficient (Wildman–Crippen LogP) is 6.06. The maximum Gasteiger partial charge on any atom is 0.162 e. The third-order valence-electron chi connectivity index (χ3n) is 6.50. The molecule has 1 aliphatic carbocycles. The number of carbonyl (C=O) groups excluding carboxylic acids is 1. The van der Waals surface area contributed by atoms with E-state index in [0.29, 0.717) is 6.42 Å². The lowest BCUT2D eigenvalue weighted by molar-refractivity contribution is -0.118. The quantitative estimate of drug-likeness (QED) is 0.567. The Morgan fingerprint density at radius 1 is 0.968 bits per heavy atom. The SMILES string of the molecule is COc1ccc(OC)c([C@H]2C3=C(CC(C)(C)CC3=O)Nc3ccc4ccccc4c32)c1. The summed E-state index contributed by atoms with van der Waals surface area (Å²) in [6.07, 6.45) is 1.37. The van der Waals surface area contributed by atoms with Crippen molar-refractivity contribution in [3.63, 3.8) is 0 Å². The van der Waals surface area contributed by atoms with Gasteiger partial charge in [0.15, 0.2) is 5.78 Å². The van der Waals surface area contributed by atoms with Crippen molar-refractivity contribution in [1.29, 1.82) is 0 Å². The number of methoxy groups -OCH3 is 2. The van der Waals surface area contributed by atoms with Gasteiger partial charge in [0.1, 0.15) is 11.5 Å². The minimum atomic E-state index is -0.217. The Morgan fingerprint density at radius 3 is 2.55 bits per heavy atom. The van der Waals surface area contributed by atoms with Crippen LogP contribution in [-0.2, 0) is 4.79 Å². The van der Waals surface area contributed by atoms with Gasteiger partial charge in [-0.25, -0.2) is 0 Å². The minimum absolute atomic E-state index is 0.0692. The van der Waals surface area contributed by atoms with Crippen molar-refractivity contribution < 1.29 is 14.3 Å². The van der Waals surface area contributed by atoms with Crippen LogP contribution in [0.4, 0.5) is 5.69 Å². The highest BCUT2D eigenvalue weighted by Gasteiger charge is 2.42. The summed E-state index contributed by atoms with van der Waals surface area (Å²) in [6.45, 7) is 4.32. The summed E-state index contributed by atoms with van der Waals surface area (Å²) in [5.74, 6) is 1.50. The van der Waals surface area contributed by atoms with Crippen LogP contribution >= 0.6 is 0 Å². The number of Topliss-reactive ketones (excluding diaryl/α,β-unsaturated/α-hetero) is 1. The number of anilines is 1. The van der Waals surface area contributed by atoms with Crippen molar-refractivity contribution in [2.24, 2.45) is 5.41 Å². The van der Waals surface area contributed by atoms with Gasteiger partial charge in [0.25, 0.3) is 0 Å². The van der Waals surface area contributed by atoms with E-state index >= 15 is 0 Å². The van der Waals surface area contributed by atoms with E-state index in [-0.39, 0.29) is 17.1 Å². The van der Waals surface area contributed by atoms with Crippen LogP contribution < -0.4 is 14.8 Å². The first-order valence-corrected chi connectivity index (χ1v) is 10.7. The summed E-state index contributed by atoms with van der Waals surface area (Å²) in [5, 5.41) is 5.93. The fourth-order valence-electron chi connectivity index (χ4n) is 5.18. The van der Waals surface area contributed by atoms with Crippen LogP contribution in [0.15, 0.2) is 65.9 Å². The van der Waals surface area contributed by atoms with Crippen molar-refractivity contribution in [3.05, 3.63) is 77.0 Å². The molecule has 1 N–H and O–H groups in total. The fourth-order valence-corrected chi connectivity index (χ4v) is 5.18. The number of fused-ring (bicyclic) bond motifs is 3. The van der Waals surface area contributed by atoms with Gasteiger partial charge in [0, 0.05) is 34.9 Å². The lowest BCUT2D eigenvalue weighted by atomic mass is 9.68. The molecule has 0 unspecified atom stereocenters. The number of hydrogen-bond donors (Lipinski definition) is 1. The highest BCUT2D eigenvalue weighted by atomic mass is 16.5. The first-order chi connectivity index (χ1) is 14.9. The number of benzene rings is 3. The van der Waals surface area contributed by atoms with Crippen molar-refractivity contribution in [3.8, 4) is 11.5 Å². The molecule has 0 saturated heterocycles. The molecule has 158 valence electrons. The summed E-state index contributed by atoms with van der Waals surface area (Å²) < 4.78 is 11.3. The lowest BCUT2D eigenvalue weighted by Crippen LogP contribution is -2.34. The molecule has 0 aromatic heterocycles. The number of rotatable bonds is 3. The zero-order chi connectivity index (χ0) is 21.8. The van der Waals surface area contributed by atoms with Gasteiger partial charge in [-0.2, -0.15) is 0 Å². The molecule has 0 fully saturated rings. The summed E-state index contributed by atoms with van der Waals surface area (Å²) in [5.41, 5.74) is 4.95. The molecule has 4 nitrogen and oxygen atoms in total. The van der Waals surface area contributed by atoms with E-state index < -0.39 is 0 Å². The third-order valence-corrected chi connectivity index (χ3v) is 6.50. The normalized spacial score (nSPS) is 19.5. The van der Waals surface area contributed by atoms with E-state index in [4.69, 9.17) is 9.47 Å². The van der Waals surface area contributed by atoms with E-state index in [9.17, 15) is 4.79 Å². The number of allylic oxidation sites excluding steroid dienone is 2. The minimum Gasteiger partial charge on any atom is -0.497 e. The third kappa shape index (κ3) is 3.18. The second-order valence-corrected chi connectivity index (χ2v) is 9.25. The van der Waals surface area contributed by atoms with E-state index in [1.54, 1.807) is 14.2 Å². The van der Waals surface area contributed by atoms with Gasteiger partial charge in [-0.15, -0.1) is 0 Å². The first-order valence-electron chi connectivity index (χ1n) is 10.7. The van der Waals surface area contributed by atoms with Crippen LogP contribution in [0.3, 0.4) is 0 Å². The average molecular weight is 414 g/mol. The first kappa shape index (κ1) is 19.7. The van der Waals surface area contributed by atoms with Gasteiger partial charge in [-0.1, -0.05) is 44.2 Å². The molecule has 0 bridgehead atoms. The lowest BCUT2D eigenvalue weighted by Gasteiger charge is -2.40. The van der Waals surface area contributed by atoms with Crippen LogP contribution in [0.25, 0.3) is 10.8 Å². The number of ether oxygens (including phenoxy) is 2. The molecule has 5 rings (SSSR count). The number of ketones is 1. The van der Waals surface area contributed by atoms with Gasteiger partial charge >= 0.3 is 0 Å². The Kier molecular flexibility index (Phi) is 4.54. The monoisotopic (exact) mass is 413 g/mol. The van der Waals surface area contributed by atoms with Crippen molar-refractivity contribution >= 4 is 22.2 Å². The van der Waals surface area contributed by atoms with E-state index in [1.807, 2.05) is 24.3 Å². The number of hydrogen-bond acceptors (Lipinski definition) is 4. The van der Waals surface area contributed by atoms with Crippen LogP contribution in [0.2, 0.25) is 0 Å². The molecule has 1 aliphatic heterocycles. The highest BCUT2D eigenvalue weighted by Crippen LogP contribution is 2.52. The standard InChI is InChI=1S/C27H27NO3/c1-27(2)14-21-26(22(29)15-27)25(19-13-17(30-3)10-12-23(19)31-4)24-18-8-6-5-7-16(18)9-11-20(24)28-21/h5-13,25,28H,14-15H2,1-4H3/t25-/m1/s1. The zero-order valence-electron chi connectivity index (χ0n) is 18.4. The Bertz CT molecular complexity index is 1240. The van der Waals surface area contributed by atoms with E-state index in [1.165, 1.54) is 0 Å². The molecule has 1 heterocycles. The second kappa shape index (κ2) is 7.16. The van der Waals surface area contributed by atoms with Gasteiger partial charge in [0.2, 0.25) is 0 Å². The van der Waals surface area contributed by atoms with E-state index in [2.05, 4.69) is 49.5 Å². The summed E-state index contributed by atoms with van der Waals surface area (Å²) in [6, 6.07) is 18.5.